The smallest absolute Gasteiger partial charge is 0.164 e. The summed E-state index contributed by atoms with van der Waals surface area (Å²) in [5.74, 6) is 0.873. The standard InChI is InChI=1S/C15H18O3/c1-17-14-8-7-13(15(16)9-14)11-18-10-12-5-3-2-4-6-12/h2-6,9,13H,7-8,10-11H2,1H3. The molecule has 3 nitrogen and oxygen atoms in total. The van der Waals surface area contributed by atoms with Crippen LogP contribution in [0.2, 0.25) is 0 Å². The lowest BCUT2D eigenvalue weighted by Crippen LogP contribution is -2.22. The zero-order valence-corrected chi connectivity index (χ0v) is 10.6. The molecule has 1 aliphatic carbocycles. The minimum absolute atomic E-state index is 0.0207. The minimum Gasteiger partial charge on any atom is -0.501 e. The van der Waals surface area contributed by atoms with Gasteiger partial charge in [0.15, 0.2) is 5.78 Å². The number of benzene rings is 1. The van der Waals surface area contributed by atoms with Crippen LogP contribution in [0.3, 0.4) is 0 Å². The van der Waals surface area contributed by atoms with Gasteiger partial charge in [-0.15, -0.1) is 0 Å². The SMILES string of the molecule is COC1=CC(=O)C(COCc2ccccc2)CC1. The number of methoxy groups -OCH3 is 1. The lowest BCUT2D eigenvalue weighted by molar-refractivity contribution is -0.121. The highest BCUT2D eigenvalue weighted by Crippen LogP contribution is 2.21. The highest BCUT2D eigenvalue weighted by atomic mass is 16.5. The Labute approximate surface area is 107 Å². The molecule has 18 heavy (non-hydrogen) atoms. The second-order valence-corrected chi connectivity index (χ2v) is 4.45. The number of ether oxygens (including phenoxy) is 2. The molecule has 1 unspecified atom stereocenters. The van der Waals surface area contributed by atoms with Crippen molar-refractivity contribution >= 4 is 5.78 Å². The van der Waals surface area contributed by atoms with Crippen molar-refractivity contribution in [3.05, 3.63) is 47.7 Å². The third-order valence-corrected chi connectivity index (χ3v) is 3.14. The zero-order valence-electron chi connectivity index (χ0n) is 10.6. The van der Waals surface area contributed by atoms with Crippen LogP contribution in [0.4, 0.5) is 0 Å². The first-order valence-corrected chi connectivity index (χ1v) is 6.19. The minimum atomic E-state index is -0.0207. The highest BCUT2D eigenvalue weighted by Gasteiger charge is 2.22. The monoisotopic (exact) mass is 246 g/mol. The molecule has 1 atom stereocenters. The van der Waals surface area contributed by atoms with Gasteiger partial charge in [-0.3, -0.25) is 4.79 Å². The molecule has 0 bridgehead atoms. The maximum Gasteiger partial charge on any atom is 0.164 e. The normalized spacial score (nSPS) is 19.5. The summed E-state index contributed by atoms with van der Waals surface area (Å²) in [6.07, 6.45) is 3.23. The van der Waals surface area contributed by atoms with E-state index >= 15 is 0 Å². The third kappa shape index (κ3) is 3.44. The molecule has 1 aromatic carbocycles. The lowest BCUT2D eigenvalue weighted by Gasteiger charge is -2.19. The van der Waals surface area contributed by atoms with E-state index in [4.69, 9.17) is 9.47 Å². The van der Waals surface area contributed by atoms with E-state index in [2.05, 4.69) is 0 Å². The average molecular weight is 246 g/mol. The first kappa shape index (κ1) is 12.8. The average Bonchev–Trinajstić information content (AvgIpc) is 2.42. The number of carbonyl (C=O) groups is 1. The quantitative estimate of drug-likeness (QED) is 0.801. The fourth-order valence-corrected chi connectivity index (χ4v) is 2.03. The van der Waals surface area contributed by atoms with Crippen LogP contribution in [0.5, 0.6) is 0 Å². The summed E-state index contributed by atoms with van der Waals surface area (Å²) in [7, 11) is 1.60. The van der Waals surface area contributed by atoms with Crippen LogP contribution in [0.1, 0.15) is 18.4 Å². The van der Waals surface area contributed by atoms with Crippen molar-refractivity contribution in [1.82, 2.24) is 0 Å². The van der Waals surface area contributed by atoms with Gasteiger partial charge in [0.2, 0.25) is 0 Å². The van der Waals surface area contributed by atoms with E-state index < -0.39 is 0 Å². The number of allylic oxidation sites excluding steroid dienone is 2. The molecule has 0 fully saturated rings. The summed E-state index contributed by atoms with van der Waals surface area (Å²) in [4.78, 5) is 11.8. The van der Waals surface area contributed by atoms with Crippen molar-refractivity contribution in [2.75, 3.05) is 13.7 Å². The fourth-order valence-electron chi connectivity index (χ4n) is 2.03. The van der Waals surface area contributed by atoms with Gasteiger partial charge in [0.05, 0.1) is 26.1 Å². The van der Waals surface area contributed by atoms with E-state index in [1.54, 1.807) is 13.2 Å². The van der Waals surface area contributed by atoms with Crippen LogP contribution in [-0.2, 0) is 20.9 Å². The van der Waals surface area contributed by atoms with Gasteiger partial charge in [-0.25, -0.2) is 0 Å². The summed E-state index contributed by atoms with van der Waals surface area (Å²) < 4.78 is 10.7. The van der Waals surface area contributed by atoms with Crippen LogP contribution in [0, 0.1) is 5.92 Å². The van der Waals surface area contributed by atoms with Crippen LogP contribution in [-0.4, -0.2) is 19.5 Å². The van der Waals surface area contributed by atoms with Gasteiger partial charge >= 0.3 is 0 Å². The summed E-state index contributed by atoms with van der Waals surface area (Å²) in [6, 6.07) is 9.98. The molecule has 0 spiro atoms. The topological polar surface area (TPSA) is 35.5 Å². The Hall–Kier alpha value is -1.61. The van der Waals surface area contributed by atoms with E-state index in [-0.39, 0.29) is 11.7 Å². The molecule has 0 amide bonds. The van der Waals surface area contributed by atoms with E-state index in [1.807, 2.05) is 30.3 Å². The van der Waals surface area contributed by atoms with Gasteiger partial charge in [-0.1, -0.05) is 30.3 Å². The fraction of sp³-hybridized carbons (Fsp3) is 0.400. The summed E-state index contributed by atoms with van der Waals surface area (Å²) in [5.41, 5.74) is 1.13. The van der Waals surface area contributed by atoms with E-state index in [1.165, 1.54) is 0 Å². The molecule has 0 saturated heterocycles. The Bertz CT molecular complexity index is 423. The molecular weight excluding hydrogens is 228 g/mol. The Kier molecular flexibility index (Phi) is 4.53. The van der Waals surface area contributed by atoms with Crippen molar-refractivity contribution in [1.29, 1.82) is 0 Å². The van der Waals surface area contributed by atoms with Gasteiger partial charge < -0.3 is 9.47 Å². The predicted octanol–water partition coefficient (Wildman–Crippen LogP) is 2.71. The molecule has 3 heteroatoms. The van der Waals surface area contributed by atoms with Crippen molar-refractivity contribution in [2.24, 2.45) is 5.92 Å². The van der Waals surface area contributed by atoms with Crippen LogP contribution < -0.4 is 0 Å². The largest absolute Gasteiger partial charge is 0.501 e. The Morgan fingerprint density at radius 3 is 2.72 bits per heavy atom. The molecule has 0 heterocycles. The summed E-state index contributed by atoms with van der Waals surface area (Å²) in [6.45, 7) is 1.05. The summed E-state index contributed by atoms with van der Waals surface area (Å²) in [5, 5.41) is 0. The lowest BCUT2D eigenvalue weighted by atomic mass is 9.93. The maximum absolute atomic E-state index is 11.8. The molecule has 0 radical (unpaired) electrons. The molecular formula is C15H18O3. The van der Waals surface area contributed by atoms with Crippen LogP contribution in [0.25, 0.3) is 0 Å². The number of ketones is 1. The Balaban J connectivity index is 1.78. The van der Waals surface area contributed by atoms with Gasteiger partial charge in [0.25, 0.3) is 0 Å². The zero-order chi connectivity index (χ0) is 12.8. The number of carbonyl (C=O) groups excluding carboxylic acids is 1. The van der Waals surface area contributed by atoms with Crippen molar-refractivity contribution < 1.29 is 14.3 Å². The van der Waals surface area contributed by atoms with Crippen molar-refractivity contribution in [3.63, 3.8) is 0 Å². The molecule has 1 aliphatic rings. The summed E-state index contributed by atoms with van der Waals surface area (Å²) >= 11 is 0. The van der Waals surface area contributed by atoms with Crippen LogP contribution >= 0.6 is 0 Å². The van der Waals surface area contributed by atoms with Crippen LogP contribution in [0.15, 0.2) is 42.2 Å². The second-order valence-electron chi connectivity index (χ2n) is 4.45. The van der Waals surface area contributed by atoms with Crippen molar-refractivity contribution in [2.45, 2.75) is 19.4 Å². The first-order chi connectivity index (χ1) is 8.79. The van der Waals surface area contributed by atoms with Crippen molar-refractivity contribution in [3.8, 4) is 0 Å². The number of rotatable bonds is 5. The molecule has 96 valence electrons. The van der Waals surface area contributed by atoms with Gasteiger partial charge in [-0.2, -0.15) is 0 Å². The molecule has 0 N–H and O–H groups in total. The third-order valence-electron chi connectivity index (χ3n) is 3.14. The first-order valence-electron chi connectivity index (χ1n) is 6.19. The molecule has 0 aliphatic heterocycles. The molecule has 1 aromatic rings. The van der Waals surface area contributed by atoms with Gasteiger partial charge in [-0.05, 0) is 12.0 Å². The molecule has 0 saturated carbocycles. The highest BCUT2D eigenvalue weighted by molar-refractivity contribution is 5.93. The van der Waals surface area contributed by atoms with Gasteiger partial charge in [0, 0.05) is 18.4 Å². The van der Waals surface area contributed by atoms with E-state index in [0.29, 0.717) is 13.2 Å². The predicted molar refractivity (Wildman–Crippen MR) is 68.9 cm³/mol. The Morgan fingerprint density at radius 2 is 2.06 bits per heavy atom. The molecule has 2 rings (SSSR count). The maximum atomic E-state index is 11.8. The molecule has 0 aromatic heterocycles. The van der Waals surface area contributed by atoms with Gasteiger partial charge in [0.1, 0.15) is 0 Å². The number of hydrogen-bond donors (Lipinski definition) is 0. The second kappa shape index (κ2) is 6.36. The number of hydrogen-bond acceptors (Lipinski definition) is 3. The Morgan fingerprint density at radius 1 is 1.28 bits per heavy atom. The van der Waals surface area contributed by atoms with E-state index in [9.17, 15) is 4.79 Å². The van der Waals surface area contributed by atoms with E-state index in [0.717, 1.165) is 24.2 Å².